The third-order valence-electron chi connectivity index (χ3n) is 7.13. The summed E-state index contributed by atoms with van der Waals surface area (Å²) in [5.41, 5.74) is 6.26. The fourth-order valence-corrected chi connectivity index (χ4v) is 5.51. The van der Waals surface area contributed by atoms with Crippen LogP contribution in [0.3, 0.4) is 0 Å². The Balaban J connectivity index is 1.42. The number of rotatable bonds is 5. The molecule has 1 aliphatic rings. The molecule has 4 heteroatoms. The van der Waals surface area contributed by atoms with Gasteiger partial charge in [0, 0.05) is 23.2 Å². The Morgan fingerprint density at radius 1 is 0.972 bits per heavy atom. The van der Waals surface area contributed by atoms with Crippen molar-refractivity contribution in [3.05, 3.63) is 118 Å². The summed E-state index contributed by atoms with van der Waals surface area (Å²) in [5.74, 6) is -0.187. The van der Waals surface area contributed by atoms with E-state index in [4.69, 9.17) is 0 Å². The second-order valence-electron chi connectivity index (χ2n) is 9.92. The lowest BCUT2D eigenvalue weighted by Gasteiger charge is -2.33. The number of fused-ring (bicyclic) bond motifs is 1. The maximum absolute atomic E-state index is 15.9. The fourth-order valence-electron chi connectivity index (χ4n) is 5.51. The minimum atomic E-state index is -0.104. The van der Waals surface area contributed by atoms with E-state index in [0.717, 1.165) is 34.0 Å². The van der Waals surface area contributed by atoms with Gasteiger partial charge in [-0.05, 0) is 80.9 Å². The number of nitrogens with zero attached hydrogens (tertiary/aromatic N) is 1. The summed E-state index contributed by atoms with van der Waals surface area (Å²) in [4.78, 5) is 17.7. The Bertz CT molecular complexity index is 1400. The van der Waals surface area contributed by atoms with Gasteiger partial charge in [-0.15, -0.1) is 0 Å². The number of benzene rings is 3. The maximum atomic E-state index is 15.9. The van der Waals surface area contributed by atoms with Gasteiger partial charge in [0.15, 0.2) is 0 Å². The molecule has 0 aliphatic heterocycles. The highest BCUT2D eigenvalue weighted by Gasteiger charge is 2.30. The van der Waals surface area contributed by atoms with E-state index in [2.05, 4.69) is 28.5 Å². The molecule has 1 fully saturated rings. The second-order valence-corrected chi connectivity index (χ2v) is 9.92. The van der Waals surface area contributed by atoms with Gasteiger partial charge in [0.05, 0.1) is 11.1 Å². The van der Waals surface area contributed by atoms with Crippen LogP contribution in [0.1, 0.15) is 51.9 Å². The number of allylic oxidation sites excluding steroid dienone is 1. The highest BCUT2D eigenvalue weighted by Crippen LogP contribution is 2.38. The fraction of sp³-hybridized carbons (Fsp3) is 0.250. The van der Waals surface area contributed by atoms with Gasteiger partial charge in [-0.1, -0.05) is 65.7 Å². The Hall–Kier alpha value is -3.79. The Labute approximate surface area is 212 Å². The number of hydrogen-bond acceptors (Lipinski definition) is 2. The first-order valence-corrected chi connectivity index (χ1v) is 12.6. The lowest BCUT2D eigenvalue weighted by molar-refractivity contribution is 0.0927. The van der Waals surface area contributed by atoms with Crippen LogP contribution in [0.2, 0.25) is 0 Å². The predicted octanol–water partition coefficient (Wildman–Crippen LogP) is 7.37. The molecule has 2 atom stereocenters. The highest BCUT2D eigenvalue weighted by molar-refractivity contribution is 6.06. The van der Waals surface area contributed by atoms with Gasteiger partial charge in [0.25, 0.3) is 5.91 Å². The predicted molar refractivity (Wildman–Crippen MR) is 144 cm³/mol. The van der Waals surface area contributed by atoms with Crippen LogP contribution in [0.15, 0.2) is 90.6 Å². The number of aryl methyl sites for hydroxylation is 2. The molecule has 1 amide bonds. The first-order chi connectivity index (χ1) is 17.5. The Morgan fingerprint density at radius 2 is 1.69 bits per heavy atom. The van der Waals surface area contributed by atoms with Gasteiger partial charge in [-0.2, -0.15) is 0 Å². The normalized spacial score (nSPS) is 19.2. The van der Waals surface area contributed by atoms with E-state index in [1.165, 1.54) is 5.56 Å². The zero-order valence-corrected chi connectivity index (χ0v) is 20.8. The van der Waals surface area contributed by atoms with E-state index >= 15 is 4.39 Å². The van der Waals surface area contributed by atoms with Crippen LogP contribution in [0.25, 0.3) is 16.7 Å². The van der Waals surface area contributed by atoms with Crippen LogP contribution in [-0.4, -0.2) is 16.9 Å². The van der Waals surface area contributed by atoms with Crippen LogP contribution in [0, 0.1) is 19.8 Å². The molecule has 1 aromatic heterocycles. The maximum Gasteiger partial charge on any atom is 0.252 e. The third-order valence-corrected chi connectivity index (χ3v) is 7.13. The van der Waals surface area contributed by atoms with Crippen LogP contribution in [0.4, 0.5) is 4.39 Å². The summed E-state index contributed by atoms with van der Waals surface area (Å²) >= 11 is 0. The van der Waals surface area contributed by atoms with E-state index in [1.54, 1.807) is 12.3 Å². The van der Waals surface area contributed by atoms with E-state index in [0.29, 0.717) is 30.4 Å². The summed E-state index contributed by atoms with van der Waals surface area (Å²) in [5, 5.41) is 4.09. The minimum Gasteiger partial charge on any atom is -0.349 e. The highest BCUT2D eigenvalue weighted by atomic mass is 19.1. The van der Waals surface area contributed by atoms with Gasteiger partial charge >= 0.3 is 0 Å². The van der Waals surface area contributed by atoms with Crippen molar-refractivity contribution in [1.29, 1.82) is 0 Å². The van der Waals surface area contributed by atoms with Crippen molar-refractivity contribution < 1.29 is 9.18 Å². The van der Waals surface area contributed by atoms with E-state index in [-0.39, 0.29) is 23.7 Å². The van der Waals surface area contributed by atoms with Crippen LogP contribution in [-0.2, 0) is 6.42 Å². The van der Waals surface area contributed by atoms with E-state index in [9.17, 15) is 4.79 Å². The van der Waals surface area contributed by atoms with Gasteiger partial charge in [-0.25, -0.2) is 4.39 Å². The lowest BCUT2D eigenvalue weighted by Crippen LogP contribution is -2.39. The molecular formula is C32H31FN2O. The molecule has 0 saturated heterocycles. The average molecular weight is 479 g/mol. The van der Waals surface area contributed by atoms with Crippen molar-refractivity contribution in [3.63, 3.8) is 0 Å². The Morgan fingerprint density at radius 3 is 2.47 bits per heavy atom. The molecule has 1 N–H and O–H groups in total. The largest absolute Gasteiger partial charge is 0.349 e. The van der Waals surface area contributed by atoms with Gasteiger partial charge < -0.3 is 5.32 Å². The Kier molecular flexibility index (Phi) is 6.95. The molecule has 1 aliphatic carbocycles. The molecule has 0 radical (unpaired) electrons. The standard InChI is InChI=1S/C32H31FN2O/c1-21-16-22(2)18-25(17-21)31(33)27-13-12-26(20-24(27)19-23-8-4-3-5-9-23)35-32(36)29-14-15-34-30-11-7-6-10-28(29)30/h3-11,14-18,24,26H,12-13,19-20H2,1-2H3,(H,35,36)/b31-27-/t24-,26-/m0/s1. The molecule has 5 rings (SSSR count). The minimum absolute atomic E-state index is 0.0152. The van der Waals surface area contributed by atoms with E-state index in [1.807, 2.05) is 68.4 Å². The molecule has 36 heavy (non-hydrogen) atoms. The smallest absolute Gasteiger partial charge is 0.252 e. The number of aromatic nitrogens is 1. The monoisotopic (exact) mass is 478 g/mol. The van der Waals surface area contributed by atoms with Crippen molar-refractivity contribution in [3.8, 4) is 0 Å². The van der Waals surface area contributed by atoms with Crippen LogP contribution < -0.4 is 5.32 Å². The number of carbonyl (C=O) groups excluding carboxylic acids is 1. The molecule has 0 spiro atoms. The number of carbonyl (C=O) groups is 1. The molecule has 182 valence electrons. The summed E-state index contributed by atoms with van der Waals surface area (Å²) in [6.07, 6.45) is 4.47. The third kappa shape index (κ3) is 5.23. The zero-order valence-electron chi connectivity index (χ0n) is 20.8. The number of para-hydroxylation sites is 1. The van der Waals surface area contributed by atoms with Crippen LogP contribution in [0.5, 0.6) is 0 Å². The molecule has 0 unspecified atom stereocenters. The molecule has 0 bridgehead atoms. The number of halogens is 1. The number of amides is 1. The number of pyridine rings is 1. The van der Waals surface area contributed by atoms with Gasteiger partial charge in [0.2, 0.25) is 0 Å². The molecular weight excluding hydrogens is 447 g/mol. The summed E-state index contributed by atoms with van der Waals surface area (Å²) in [6, 6.07) is 25.6. The summed E-state index contributed by atoms with van der Waals surface area (Å²) in [6.45, 7) is 4.01. The second kappa shape index (κ2) is 10.4. The SMILES string of the molecule is Cc1cc(C)cc(/C(F)=C2\CC[C@H](NC(=O)c3ccnc4ccccc34)C[C@@H]2Cc2ccccc2)c1. The van der Waals surface area contributed by atoms with Crippen LogP contribution >= 0.6 is 0 Å². The lowest BCUT2D eigenvalue weighted by atomic mass is 9.77. The molecule has 4 aromatic rings. The number of hydrogen-bond donors (Lipinski definition) is 1. The molecule has 1 heterocycles. The summed E-state index contributed by atoms with van der Waals surface area (Å²) < 4.78 is 15.9. The van der Waals surface area contributed by atoms with Gasteiger partial charge in [0.1, 0.15) is 5.83 Å². The van der Waals surface area contributed by atoms with Crippen molar-refractivity contribution in [1.82, 2.24) is 10.3 Å². The number of nitrogens with one attached hydrogen (secondary N) is 1. The van der Waals surface area contributed by atoms with Crippen molar-refractivity contribution in [2.24, 2.45) is 5.92 Å². The quantitative estimate of drug-likeness (QED) is 0.325. The first kappa shape index (κ1) is 23.9. The zero-order chi connectivity index (χ0) is 25.1. The van der Waals surface area contributed by atoms with Crippen molar-refractivity contribution in [2.45, 2.75) is 45.6 Å². The molecule has 3 nitrogen and oxygen atoms in total. The van der Waals surface area contributed by atoms with E-state index < -0.39 is 0 Å². The molecule has 3 aromatic carbocycles. The van der Waals surface area contributed by atoms with Crippen molar-refractivity contribution >= 4 is 22.6 Å². The molecule has 1 saturated carbocycles. The topological polar surface area (TPSA) is 42.0 Å². The van der Waals surface area contributed by atoms with Crippen molar-refractivity contribution in [2.75, 3.05) is 0 Å². The summed E-state index contributed by atoms with van der Waals surface area (Å²) in [7, 11) is 0. The first-order valence-electron chi connectivity index (χ1n) is 12.6. The average Bonchev–Trinajstić information content (AvgIpc) is 2.88. The van der Waals surface area contributed by atoms with Gasteiger partial charge in [-0.3, -0.25) is 9.78 Å².